The van der Waals surface area contributed by atoms with E-state index < -0.39 is 16.9 Å². The summed E-state index contributed by atoms with van der Waals surface area (Å²) in [5, 5.41) is 9.67. The molecule has 0 aliphatic carbocycles. The number of carbonyl (C=O) groups excluding carboxylic acids is 1. The number of likely N-dealkylation sites (N-methyl/N-ethyl adjacent to an activating group) is 1. The van der Waals surface area contributed by atoms with Crippen LogP contribution in [0.25, 0.3) is 0 Å². The number of hydrogen-bond donors (Lipinski definition) is 1. The first kappa shape index (κ1) is 14.4. The zero-order valence-corrected chi connectivity index (χ0v) is 11.8. The number of carboxylic acid groups (broad SMARTS) is 1. The number of aliphatic carboxylic acids is 1. The van der Waals surface area contributed by atoms with Gasteiger partial charge in [0.1, 0.15) is 0 Å². The molecule has 1 amide bonds. The van der Waals surface area contributed by atoms with E-state index in [1.807, 2.05) is 20.8 Å². The van der Waals surface area contributed by atoms with E-state index in [0.717, 1.165) is 12.2 Å². The van der Waals surface area contributed by atoms with Crippen LogP contribution in [-0.4, -0.2) is 45.5 Å². The SMILES string of the molecule is CCN(C(C)=O)C1(C(=O)O)CSCCC1(C)C. The van der Waals surface area contributed by atoms with Crippen molar-refractivity contribution >= 4 is 23.6 Å². The molecule has 0 spiro atoms. The number of rotatable bonds is 3. The standard InChI is InChI=1S/C12H21NO3S/c1-5-13(9(2)14)12(10(15)16)8-17-7-6-11(12,3)4/h5-8H2,1-4H3,(H,15,16). The first-order valence-corrected chi connectivity index (χ1v) is 7.04. The van der Waals surface area contributed by atoms with E-state index in [-0.39, 0.29) is 5.91 Å². The zero-order chi connectivity index (χ0) is 13.3. The lowest BCUT2D eigenvalue weighted by Gasteiger charge is -2.52. The average Bonchev–Trinajstić information content (AvgIpc) is 2.20. The van der Waals surface area contributed by atoms with Crippen LogP contribution in [-0.2, 0) is 9.59 Å². The van der Waals surface area contributed by atoms with Gasteiger partial charge in [-0.1, -0.05) is 13.8 Å². The Morgan fingerprint density at radius 3 is 2.35 bits per heavy atom. The van der Waals surface area contributed by atoms with Crippen molar-refractivity contribution in [2.45, 2.75) is 39.7 Å². The van der Waals surface area contributed by atoms with Crippen LogP contribution in [0, 0.1) is 5.41 Å². The summed E-state index contributed by atoms with van der Waals surface area (Å²) in [6, 6.07) is 0. The molecule has 98 valence electrons. The maximum atomic E-state index is 11.8. The lowest BCUT2D eigenvalue weighted by Crippen LogP contribution is -2.67. The van der Waals surface area contributed by atoms with Gasteiger partial charge in [0.2, 0.25) is 5.91 Å². The third-order valence-electron chi connectivity index (χ3n) is 3.81. The molecule has 0 radical (unpaired) electrons. The first-order valence-electron chi connectivity index (χ1n) is 5.89. The molecule has 0 aromatic heterocycles. The maximum absolute atomic E-state index is 11.8. The number of hydrogen-bond acceptors (Lipinski definition) is 3. The molecule has 5 heteroatoms. The molecule has 1 rings (SSSR count). The third kappa shape index (κ3) is 2.17. The van der Waals surface area contributed by atoms with Crippen LogP contribution in [0.4, 0.5) is 0 Å². The van der Waals surface area contributed by atoms with Gasteiger partial charge in [0, 0.05) is 24.6 Å². The summed E-state index contributed by atoms with van der Waals surface area (Å²) in [4.78, 5) is 25.0. The molecule has 0 aromatic rings. The quantitative estimate of drug-likeness (QED) is 0.840. The topological polar surface area (TPSA) is 57.6 Å². The van der Waals surface area contributed by atoms with Crippen molar-refractivity contribution in [3.63, 3.8) is 0 Å². The Bertz CT molecular complexity index is 330. The second-order valence-corrected chi connectivity index (χ2v) is 6.22. The van der Waals surface area contributed by atoms with Gasteiger partial charge in [0.05, 0.1) is 0 Å². The van der Waals surface area contributed by atoms with E-state index >= 15 is 0 Å². The van der Waals surface area contributed by atoms with E-state index in [4.69, 9.17) is 0 Å². The largest absolute Gasteiger partial charge is 0.479 e. The van der Waals surface area contributed by atoms with Crippen molar-refractivity contribution in [2.75, 3.05) is 18.1 Å². The molecule has 1 aliphatic heterocycles. The molecule has 1 unspecified atom stereocenters. The van der Waals surface area contributed by atoms with E-state index in [1.54, 1.807) is 11.8 Å². The highest BCUT2D eigenvalue weighted by Crippen LogP contribution is 2.46. The molecule has 1 saturated heterocycles. The first-order chi connectivity index (χ1) is 7.79. The summed E-state index contributed by atoms with van der Waals surface area (Å²) < 4.78 is 0. The van der Waals surface area contributed by atoms with Gasteiger partial charge in [0.15, 0.2) is 5.54 Å². The van der Waals surface area contributed by atoms with Crippen LogP contribution in [0.3, 0.4) is 0 Å². The Kier molecular flexibility index (Phi) is 4.12. The van der Waals surface area contributed by atoms with Crippen LogP contribution >= 0.6 is 11.8 Å². The molecular formula is C12H21NO3S. The number of carbonyl (C=O) groups is 2. The van der Waals surface area contributed by atoms with Crippen molar-refractivity contribution < 1.29 is 14.7 Å². The van der Waals surface area contributed by atoms with Crippen molar-refractivity contribution in [1.29, 1.82) is 0 Å². The van der Waals surface area contributed by atoms with Crippen LogP contribution in [0.2, 0.25) is 0 Å². The minimum atomic E-state index is -1.07. The Morgan fingerprint density at radius 1 is 1.41 bits per heavy atom. The Labute approximate surface area is 107 Å². The molecule has 17 heavy (non-hydrogen) atoms. The summed E-state index contributed by atoms with van der Waals surface area (Å²) >= 11 is 1.62. The van der Waals surface area contributed by atoms with E-state index in [0.29, 0.717) is 12.3 Å². The van der Waals surface area contributed by atoms with Crippen molar-refractivity contribution in [3.05, 3.63) is 0 Å². The lowest BCUT2D eigenvalue weighted by molar-refractivity contribution is -0.166. The molecule has 4 nitrogen and oxygen atoms in total. The molecule has 1 atom stereocenters. The molecule has 1 N–H and O–H groups in total. The molecule has 0 saturated carbocycles. The highest BCUT2D eigenvalue weighted by Gasteiger charge is 2.57. The van der Waals surface area contributed by atoms with Crippen LogP contribution in [0.15, 0.2) is 0 Å². The van der Waals surface area contributed by atoms with Gasteiger partial charge in [-0.3, -0.25) is 4.79 Å². The van der Waals surface area contributed by atoms with Gasteiger partial charge in [-0.05, 0) is 19.1 Å². The van der Waals surface area contributed by atoms with Gasteiger partial charge in [-0.25, -0.2) is 4.79 Å². The van der Waals surface area contributed by atoms with Crippen molar-refractivity contribution in [3.8, 4) is 0 Å². The Balaban J connectivity index is 3.28. The summed E-state index contributed by atoms with van der Waals surface area (Å²) in [7, 11) is 0. The van der Waals surface area contributed by atoms with E-state index in [9.17, 15) is 14.7 Å². The molecule has 1 fully saturated rings. The maximum Gasteiger partial charge on any atom is 0.331 e. The smallest absolute Gasteiger partial charge is 0.331 e. The number of thioether (sulfide) groups is 1. The second kappa shape index (κ2) is 4.88. The van der Waals surface area contributed by atoms with Gasteiger partial charge in [0.25, 0.3) is 0 Å². The number of carboxylic acids is 1. The van der Waals surface area contributed by atoms with Gasteiger partial charge in [-0.15, -0.1) is 0 Å². The molecule has 1 aliphatic rings. The Morgan fingerprint density at radius 2 is 2.00 bits per heavy atom. The highest BCUT2D eigenvalue weighted by molar-refractivity contribution is 7.99. The fourth-order valence-corrected chi connectivity index (χ4v) is 4.39. The number of nitrogens with zero attached hydrogens (tertiary/aromatic N) is 1. The summed E-state index contributed by atoms with van der Waals surface area (Å²) in [5.41, 5.74) is -1.47. The van der Waals surface area contributed by atoms with Gasteiger partial charge >= 0.3 is 5.97 Å². The van der Waals surface area contributed by atoms with Crippen molar-refractivity contribution in [2.24, 2.45) is 5.41 Å². The van der Waals surface area contributed by atoms with Crippen LogP contribution in [0.1, 0.15) is 34.1 Å². The van der Waals surface area contributed by atoms with Gasteiger partial charge < -0.3 is 10.0 Å². The highest BCUT2D eigenvalue weighted by atomic mass is 32.2. The van der Waals surface area contributed by atoms with Crippen LogP contribution < -0.4 is 0 Å². The lowest BCUT2D eigenvalue weighted by atomic mass is 9.69. The molecule has 1 heterocycles. The van der Waals surface area contributed by atoms with Crippen LogP contribution in [0.5, 0.6) is 0 Å². The third-order valence-corrected chi connectivity index (χ3v) is 4.93. The summed E-state index contributed by atoms with van der Waals surface area (Å²) in [6.45, 7) is 7.62. The predicted octanol–water partition coefficient (Wildman–Crippen LogP) is 1.84. The summed E-state index contributed by atoms with van der Waals surface area (Å²) in [5.74, 6) is 0.387. The minimum absolute atomic E-state index is 0.162. The monoisotopic (exact) mass is 259 g/mol. The predicted molar refractivity (Wildman–Crippen MR) is 69.2 cm³/mol. The average molecular weight is 259 g/mol. The van der Waals surface area contributed by atoms with E-state index in [2.05, 4.69) is 0 Å². The zero-order valence-electron chi connectivity index (χ0n) is 10.9. The molecular weight excluding hydrogens is 238 g/mol. The molecule has 0 bridgehead atoms. The molecule has 0 aromatic carbocycles. The minimum Gasteiger partial charge on any atom is -0.479 e. The Hall–Kier alpha value is -0.710. The number of amides is 1. The fraction of sp³-hybridized carbons (Fsp3) is 0.833. The summed E-state index contributed by atoms with van der Waals surface area (Å²) in [6.07, 6.45) is 0.813. The second-order valence-electron chi connectivity index (χ2n) is 5.12. The van der Waals surface area contributed by atoms with Crippen molar-refractivity contribution in [1.82, 2.24) is 4.90 Å². The fourth-order valence-electron chi connectivity index (χ4n) is 2.62. The van der Waals surface area contributed by atoms with Gasteiger partial charge in [-0.2, -0.15) is 11.8 Å². The van der Waals surface area contributed by atoms with E-state index in [1.165, 1.54) is 11.8 Å². The normalized spacial score (nSPS) is 27.5.